The minimum atomic E-state index is 0.410. The smallest absolute Gasteiger partial charge is 0.119 e. The van der Waals surface area contributed by atoms with Gasteiger partial charge in [0.2, 0.25) is 0 Å². The molecule has 1 aliphatic rings. The van der Waals surface area contributed by atoms with Gasteiger partial charge in [-0.2, -0.15) is 11.8 Å². The first-order chi connectivity index (χ1) is 7.38. The van der Waals surface area contributed by atoms with Crippen LogP contribution in [-0.4, -0.2) is 24.2 Å². The highest BCUT2D eigenvalue weighted by molar-refractivity contribution is 8.00. The van der Waals surface area contributed by atoms with Gasteiger partial charge in [-0.15, -0.1) is 0 Å². The summed E-state index contributed by atoms with van der Waals surface area (Å²) in [6.07, 6.45) is 1.25. The number of hydrogen-bond donors (Lipinski definition) is 1. The number of hydrogen-bond acceptors (Lipinski definition) is 4. The molecule has 1 saturated heterocycles. The molecule has 0 aromatic heterocycles. The van der Waals surface area contributed by atoms with Gasteiger partial charge in [-0.3, -0.25) is 0 Å². The molecule has 1 aromatic carbocycles. The van der Waals surface area contributed by atoms with Gasteiger partial charge in [-0.05, 0) is 24.1 Å². The lowest BCUT2D eigenvalue weighted by molar-refractivity contribution is 0.141. The van der Waals surface area contributed by atoms with E-state index in [9.17, 15) is 0 Å². The van der Waals surface area contributed by atoms with Crippen molar-refractivity contribution in [2.75, 3.05) is 18.1 Å². The summed E-state index contributed by atoms with van der Waals surface area (Å²) in [7, 11) is 0. The van der Waals surface area contributed by atoms with Crippen molar-refractivity contribution < 1.29 is 9.57 Å². The quantitative estimate of drug-likeness (QED) is 0.773. The maximum absolute atomic E-state index is 5.73. The molecular weight excluding hydrogens is 210 g/mol. The highest BCUT2D eigenvalue weighted by Gasteiger charge is 2.19. The van der Waals surface area contributed by atoms with Crippen LogP contribution < -0.4 is 10.6 Å². The van der Waals surface area contributed by atoms with Gasteiger partial charge in [-0.1, -0.05) is 12.1 Å². The number of thioether (sulfide) groups is 1. The van der Waals surface area contributed by atoms with E-state index in [1.807, 2.05) is 23.9 Å². The average Bonchev–Trinajstić information content (AvgIpc) is 2.22. The largest absolute Gasteiger partial charge is 0.489 e. The molecule has 2 rings (SSSR count). The van der Waals surface area contributed by atoms with Crippen LogP contribution in [0.15, 0.2) is 24.3 Å². The van der Waals surface area contributed by atoms with Crippen LogP contribution >= 0.6 is 11.8 Å². The molecule has 0 spiro atoms. The highest BCUT2D eigenvalue weighted by atomic mass is 32.2. The summed E-state index contributed by atoms with van der Waals surface area (Å²) in [5.41, 5.74) is 1.22. The molecule has 0 radical (unpaired) electrons. The van der Waals surface area contributed by atoms with Crippen molar-refractivity contribution in [3.63, 3.8) is 0 Å². The second-order valence-corrected chi connectivity index (χ2v) is 4.62. The van der Waals surface area contributed by atoms with Crippen molar-refractivity contribution in [1.82, 2.24) is 0 Å². The molecule has 1 aromatic rings. The van der Waals surface area contributed by atoms with E-state index < -0.39 is 0 Å². The summed E-state index contributed by atoms with van der Waals surface area (Å²) < 4.78 is 5.73. The van der Waals surface area contributed by atoms with Crippen LogP contribution in [0.2, 0.25) is 0 Å². The Kier molecular flexibility index (Phi) is 3.88. The zero-order valence-electron chi connectivity index (χ0n) is 8.52. The van der Waals surface area contributed by atoms with Crippen LogP contribution in [-0.2, 0) is 11.3 Å². The van der Waals surface area contributed by atoms with Gasteiger partial charge in [0.1, 0.15) is 11.9 Å². The predicted molar refractivity (Wildman–Crippen MR) is 62.0 cm³/mol. The van der Waals surface area contributed by atoms with Crippen LogP contribution in [0.1, 0.15) is 5.56 Å². The normalized spacial score (nSPS) is 16.1. The third-order valence-corrected chi connectivity index (χ3v) is 3.56. The molecule has 0 bridgehead atoms. The molecule has 4 heteroatoms. The van der Waals surface area contributed by atoms with Crippen molar-refractivity contribution >= 4 is 11.8 Å². The number of rotatable bonds is 5. The van der Waals surface area contributed by atoms with Crippen LogP contribution in [0.5, 0.6) is 5.75 Å². The van der Waals surface area contributed by atoms with Crippen molar-refractivity contribution in [2.24, 2.45) is 5.90 Å². The Hall–Kier alpha value is -0.710. The van der Waals surface area contributed by atoms with E-state index in [0.717, 1.165) is 23.7 Å². The Labute approximate surface area is 93.9 Å². The van der Waals surface area contributed by atoms with Gasteiger partial charge in [-0.25, -0.2) is 5.90 Å². The summed E-state index contributed by atoms with van der Waals surface area (Å²) in [5, 5.41) is 0. The average molecular weight is 225 g/mol. The van der Waals surface area contributed by atoms with Gasteiger partial charge in [0.15, 0.2) is 0 Å². The summed E-state index contributed by atoms with van der Waals surface area (Å²) in [6, 6.07) is 8.13. The molecule has 1 fully saturated rings. The summed E-state index contributed by atoms with van der Waals surface area (Å²) in [4.78, 5) is 4.53. The fraction of sp³-hybridized carbons (Fsp3) is 0.455. The molecular formula is C11H15NO2S. The van der Waals surface area contributed by atoms with Crippen LogP contribution in [0.4, 0.5) is 0 Å². The minimum Gasteiger partial charge on any atom is -0.489 e. The first-order valence-corrected chi connectivity index (χ1v) is 6.19. The van der Waals surface area contributed by atoms with Gasteiger partial charge < -0.3 is 9.57 Å². The molecule has 1 aliphatic heterocycles. The molecule has 15 heavy (non-hydrogen) atoms. The van der Waals surface area contributed by atoms with Crippen molar-refractivity contribution in [3.8, 4) is 5.75 Å². The van der Waals surface area contributed by atoms with E-state index in [2.05, 4.69) is 17.0 Å². The SMILES string of the molecule is NOCCc1ccc(OC2CSC2)cc1. The van der Waals surface area contributed by atoms with Crippen molar-refractivity contribution in [1.29, 1.82) is 0 Å². The maximum Gasteiger partial charge on any atom is 0.119 e. The van der Waals surface area contributed by atoms with Crippen molar-refractivity contribution in [2.45, 2.75) is 12.5 Å². The molecule has 2 N–H and O–H groups in total. The zero-order valence-corrected chi connectivity index (χ0v) is 9.33. The lowest BCUT2D eigenvalue weighted by Gasteiger charge is -2.25. The topological polar surface area (TPSA) is 44.5 Å². The van der Waals surface area contributed by atoms with Crippen molar-refractivity contribution in [3.05, 3.63) is 29.8 Å². The van der Waals surface area contributed by atoms with E-state index in [-0.39, 0.29) is 0 Å². The minimum absolute atomic E-state index is 0.410. The van der Waals surface area contributed by atoms with E-state index in [0.29, 0.717) is 12.7 Å². The molecule has 1 heterocycles. The van der Waals surface area contributed by atoms with Gasteiger partial charge >= 0.3 is 0 Å². The van der Waals surface area contributed by atoms with Gasteiger partial charge in [0, 0.05) is 11.5 Å². The zero-order chi connectivity index (χ0) is 10.5. The lowest BCUT2D eigenvalue weighted by Crippen LogP contribution is -2.30. The molecule has 82 valence electrons. The highest BCUT2D eigenvalue weighted by Crippen LogP contribution is 2.23. The molecule has 0 saturated carbocycles. The Morgan fingerprint density at radius 3 is 2.53 bits per heavy atom. The van der Waals surface area contributed by atoms with Crippen LogP contribution in [0.25, 0.3) is 0 Å². The first-order valence-electron chi connectivity index (χ1n) is 5.03. The van der Waals surface area contributed by atoms with E-state index in [1.54, 1.807) is 0 Å². The van der Waals surface area contributed by atoms with Gasteiger partial charge in [0.25, 0.3) is 0 Å². The van der Waals surface area contributed by atoms with E-state index >= 15 is 0 Å². The molecule has 3 nitrogen and oxygen atoms in total. The van der Waals surface area contributed by atoms with E-state index in [4.69, 9.17) is 10.6 Å². The second kappa shape index (κ2) is 5.39. The molecule has 0 atom stereocenters. The first kappa shape index (κ1) is 10.8. The Balaban J connectivity index is 1.85. The summed E-state index contributed by atoms with van der Waals surface area (Å²) >= 11 is 1.92. The predicted octanol–water partition coefficient (Wildman–Crippen LogP) is 1.61. The number of benzene rings is 1. The lowest BCUT2D eigenvalue weighted by atomic mass is 10.1. The summed E-state index contributed by atoms with van der Waals surface area (Å²) in [6.45, 7) is 0.555. The molecule has 0 unspecified atom stereocenters. The fourth-order valence-electron chi connectivity index (χ4n) is 1.39. The van der Waals surface area contributed by atoms with Crippen LogP contribution in [0, 0.1) is 0 Å². The summed E-state index contributed by atoms with van der Waals surface area (Å²) in [5.74, 6) is 8.15. The third kappa shape index (κ3) is 3.12. The Morgan fingerprint density at radius 2 is 2.00 bits per heavy atom. The molecule has 0 aliphatic carbocycles. The Morgan fingerprint density at radius 1 is 1.27 bits per heavy atom. The third-order valence-electron chi connectivity index (χ3n) is 2.34. The fourth-order valence-corrected chi connectivity index (χ4v) is 1.95. The standard InChI is InChI=1S/C11H15NO2S/c12-13-6-5-9-1-3-10(4-2-9)14-11-7-15-8-11/h1-4,11H,5-8,12H2. The number of ether oxygens (including phenoxy) is 1. The monoisotopic (exact) mass is 225 g/mol. The van der Waals surface area contributed by atoms with Gasteiger partial charge in [0.05, 0.1) is 6.61 Å². The molecule has 0 amide bonds. The van der Waals surface area contributed by atoms with Crippen LogP contribution in [0.3, 0.4) is 0 Å². The maximum atomic E-state index is 5.73. The number of nitrogens with two attached hydrogens (primary N) is 1. The second-order valence-electron chi connectivity index (χ2n) is 3.54. The Bertz CT molecular complexity index is 298. The van der Waals surface area contributed by atoms with E-state index in [1.165, 1.54) is 5.56 Å².